The molecule has 0 spiro atoms. The van der Waals surface area contributed by atoms with Gasteiger partial charge in [0.15, 0.2) is 5.13 Å². The molecule has 5 rings (SSSR count). The van der Waals surface area contributed by atoms with Crippen molar-refractivity contribution in [3.05, 3.63) is 77.6 Å². The molecule has 0 N–H and O–H groups in total. The van der Waals surface area contributed by atoms with Crippen molar-refractivity contribution in [2.75, 3.05) is 18.6 Å². The predicted octanol–water partition coefficient (Wildman–Crippen LogP) is 5.81. The molecule has 1 aliphatic heterocycles. The van der Waals surface area contributed by atoms with Crippen molar-refractivity contribution < 1.29 is 17.9 Å². The third-order valence-electron chi connectivity index (χ3n) is 7.19. The van der Waals surface area contributed by atoms with Gasteiger partial charge in [-0.25, -0.2) is 13.4 Å². The van der Waals surface area contributed by atoms with Crippen LogP contribution in [0.25, 0.3) is 10.2 Å². The Bertz CT molecular complexity index is 1570. The fraction of sp³-hybridized carbons (Fsp3) is 0.345. The fourth-order valence-electron chi connectivity index (χ4n) is 5.02. The van der Waals surface area contributed by atoms with Gasteiger partial charge in [-0.15, -0.1) is 0 Å². The van der Waals surface area contributed by atoms with E-state index in [1.54, 1.807) is 34.6 Å². The summed E-state index contributed by atoms with van der Waals surface area (Å²) >= 11 is 1.42. The van der Waals surface area contributed by atoms with Crippen LogP contribution in [0.5, 0.6) is 5.75 Å². The van der Waals surface area contributed by atoms with Gasteiger partial charge in [-0.1, -0.05) is 36.8 Å². The molecule has 0 aliphatic carbocycles. The first kappa shape index (κ1) is 27.2. The van der Waals surface area contributed by atoms with Gasteiger partial charge in [-0.2, -0.15) is 4.31 Å². The first-order valence-electron chi connectivity index (χ1n) is 13.1. The van der Waals surface area contributed by atoms with Gasteiger partial charge in [0.2, 0.25) is 10.0 Å². The summed E-state index contributed by atoms with van der Waals surface area (Å²) in [6.07, 6.45) is 5.25. The largest absolute Gasteiger partial charge is 0.494 e. The van der Waals surface area contributed by atoms with E-state index < -0.39 is 10.0 Å². The first-order chi connectivity index (χ1) is 18.8. The molecule has 3 heterocycles. The van der Waals surface area contributed by atoms with E-state index in [1.807, 2.05) is 44.2 Å². The molecule has 8 nitrogen and oxygen atoms in total. The number of piperidine rings is 1. The highest BCUT2D eigenvalue weighted by molar-refractivity contribution is 7.89. The van der Waals surface area contributed by atoms with Gasteiger partial charge >= 0.3 is 0 Å². The fourth-order valence-corrected chi connectivity index (χ4v) is 7.83. The molecule has 1 unspecified atom stereocenters. The number of aromatic nitrogens is 2. The predicted molar refractivity (Wildman–Crippen MR) is 154 cm³/mol. The lowest BCUT2D eigenvalue weighted by molar-refractivity contribution is 0.0984. The Hall–Kier alpha value is -3.34. The maximum atomic E-state index is 13.9. The number of benzene rings is 2. The number of carbonyl (C=O) groups excluding carboxylic acids is 1. The number of pyridine rings is 1. The zero-order valence-corrected chi connectivity index (χ0v) is 24.0. The lowest BCUT2D eigenvalue weighted by atomic mass is 10.0. The Balaban J connectivity index is 1.50. The molecule has 1 aliphatic rings. The van der Waals surface area contributed by atoms with E-state index in [1.165, 1.54) is 23.5 Å². The highest BCUT2D eigenvalue weighted by Crippen LogP contribution is 2.37. The number of amides is 1. The van der Waals surface area contributed by atoms with Crippen molar-refractivity contribution in [2.24, 2.45) is 0 Å². The van der Waals surface area contributed by atoms with Crippen molar-refractivity contribution in [1.82, 2.24) is 14.3 Å². The minimum atomic E-state index is -3.64. The van der Waals surface area contributed by atoms with Gasteiger partial charge in [0.05, 0.1) is 28.9 Å². The van der Waals surface area contributed by atoms with Crippen molar-refractivity contribution in [2.45, 2.75) is 57.0 Å². The molecule has 1 fully saturated rings. The van der Waals surface area contributed by atoms with E-state index in [4.69, 9.17) is 9.72 Å². The molecule has 2 aromatic carbocycles. The zero-order chi connectivity index (χ0) is 27.6. The number of fused-ring (bicyclic) bond motifs is 1. The standard InChI is InChI=1S/C29H32N4O4S2/c1-4-23-10-6-8-18-33(23)39(35,36)24-14-12-21(13-15-24)28(34)32(19-22-9-5-7-17-30-22)29-31-26-25(37-3)16-11-20(2)27(26)38-29/h5,7,9,11-17,23H,4,6,8,10,18-19H2,1-3H3. The number of ether oxygens (including phenoxy) is 1. The molecule has 0 bridgehead atoms. The molecular formula is C29H32N4O4S2. The number of rotatable bonds is 8. The van der Waals surface area contributed by atoms with Crippen LogP contribution in [0.2, 0.25) is 0 Å². The van der Waals surface area contributed by atoms with Crippen molar-refractivity contribution in [1.29, 1.82) is 0 Å². The van der Waals surface area contributed by atoms with Crippen LogP contribution in [0.1, 0.15) is 54.2 Å². The summed E-state index contributed by atoms with van der Waals surface area (Å²) in [7, 11) is -2.04. The normalized spacial score (nSPS) is 16.3. The lowest BCUT2D eigenvalue weighted by Gasteiger charge is -2.34. The number of carbonyl (C=O) groups is 1. The summed E-state index contributed by atoms with van der Waals surface area (Å²) < 4.78 is 34.9. The molecule has 39 heavy (non-hydrogen) atoms. The number of sulfonamides is 1. The monoisotopic (exact) mass is 564 g/mol. The quantitative estimate of drug-likeness (QED) is 0.268. The van der Waals surface area contributed by atoms with Crippen molar-refractivity contribution in [3.63, 3.8) is 0 Å². The summed E-state index contributed by atoms with van der Waals surface area (Å²) in [4.78, 5) is 24.9. The molecule has 1 saturated heterocycles. The number of nitrogens with zero attached hydrogens (tertiary/aromatic N) is 4. The van der Waals surface area contributed by atoms with Crippen LogP contribution in [0, 0.1) is 6.92 Å². The average molecular weight is 565 g/mol. The van der Waals surface area contributed by atoms with Crippen LogP contribution in [-0.4, -0.2) is 48.3 Å². The molecule has 0 radical (unpaired) electrons. The number of thiazole rings is 1. The topological polar surface area (TPSA) is 92.7 Å². The molecular weight excluding hydrogens is 532 g/mol. The number of anilines is 1. The molecule has 1 atom stereocenters. The zero-order valence-electron chi connectivity index (χ0n) is 22.3. The second kappa shape index (κ2) is 11.4. The van der Waals surface area contributed by atoms with Crippen LogP contribution in [0.15, 0.2) is 65.7 Å². The van der Waals surface area contributed by atoms with Crippen molar-refractivity contribution in [3.8, 4) is 5.75 Å². The van der Waals surface area contributed by atoms with E-state index >= 15 is 0 Å². The molecule has 0 saturated carbocycles. The van der Waals surface area contributed by atoms with E-state index in [-0.39, 0.29) is 23.4 Å². The molecule has 10 heteroatoms. The Kier molecular flexibility index (Phi) is 7.97. The SMILES string of the molecule is CCC1CCCCN1S(=O)(=O)c1ccc(C(=O)N(Cc2ccccn2)c2nc3c(OC)ccc(C)c3s2)cc1. The van der Waals surface area contributed by atoms with Gasteiger partial charge in [-0.3, -0.25) is 14.7 Å². The molecule has 1 amide bonds. The van der Waals surface area contributed by atoms with Crippen LogP contribution in [0.3, 0.4) is 0 Å². The smallest absolute Gasteiger partial charge is 0.260 e. The van der Waals surface area contributed by atoms with Crippen LogP contribution >= 0.6 is 11.3 Å². The van der Waals surface area contributed by atoms with Crippen LogP contribution < -0.4 is 9.64 Å². The third-order valence-corrected chi connectivity index (χ3v) is 10.4. The van der Waals surface area contributed by atoms with Crippen molar-refractivity contribution >= 4 is 42.6 Å². The Morgan fingerprint density at radius 2 is 1.92 bits per heavy atom. The summed E-state index contributed by atoms with van der Waals surface area (Å²) in [5.74, 6) is 0.352. The molecule has 204 valence electrons. The average Bonchev–Trinajstić information content (AvgIpc) is 3.42. The number of aryl methyl sites for hydroxylation is 1. The minimum Gasteiger partial charge on any atom is -0.494 e. The first-order valence-corrected chi connectivity index (χ1v) is 15.4. The molecule has 4 aromatic rings. The maximum absolute atomic E-state index is 13.9. The highest BCUT2D eigenvalue weighted by atomic mass is 32.2. The van der Waals surface area contributed by atoms with Crippen LogP contribution in [-0.2, 0) is 16.6 Å². The summed E-state index contributed by atoms with van der Waals surface area (Å²) in [5, 5.41) is 0.518. The Labute approximate surface area is 233 Å². The summed E-state index contributed by atoms with van der Waals surface area (Å²) in [6.45, 7) is 4.77. The Morgan fingerprint density at radius 1 is 1.13 bits per heavy atom. The van der Waals surface area contributed by atoms with Gasteiger partial charge in [0.25, 0.3) is 5.91 Å². The van der Waals surface area contributed by atoms with Gasteiger partial charge in [-0.05, 0) is 74.2 Å². The minimum absolute atomic E-state index is 0.0124. The van der Waals surface area contributed by atoms with Gasteiger partial charge in [0.1, 0.15) is 11.3 Å². The van der Waals surface area contributed by atoms with E-state index in [2.05, 4.69) is 4.98 Å². The Morgan fingerprint density at radius 3 is 2.62 bits per heavy atom. The third kappa shape index (κ3) is 5.41. The lowest BCUT2D eigenvalue weighted by Crippen LogP contribution is -2.43. The van der Waals surface area contributed by atoms with Crippen LogP contribution in [0.4, 0.5) is 5.13 Å². The van der Waals surface area contributed by atoms with E-state index in [0.29, 0.717) is 34.2 Å². The van der Waals surface area contributed by atoms with Gasteiger partial charge in [0, 0.05) is 24.3 Å². The number of hydrogen-bond acceptors (Lipinski definition) is 7. The highest BCUT2D eigenvalue weighted by Gasteiger charge is 2.33. The van der Waals surface area contributed by atoms with E-state index in [9.17, 15) is 13.2 Å². The second-order valence-corrected chi connectivity index (χ2v) is 12.5. The number of hydrogen-bond donors (Lipinski definition) is 0. The van der Waals surface area contributed by atoms with Gasteiger partial charge < -0.3 is 4.74 Å². The summed E-state index contributed by atoms with van der Waals surface area (Å²) in [5.41, 5.74) is 2.82. The van der Waals surface area contributed by atoms with E-state index in [0.717, 1.165) is 35.9 Å². The molecule has 2 aromatic heterocycles. The summed E-state index contributed by atoms with van der Waals surface area (Å²) in [6, 6.07) is 15.7. The number of methoxy groups -OCH3 is 1. The second-order valence-electron chi connectivity index (χ2n) is 9.67. The maximum Gasteiger partial charge on any atom is 0.260 e.